The summed E-state index contributed by atoms with van der Waals surface area (Å²) >= 11 is 17.8. The number of benzene rings is 1. The highest BCUT2D eigenvalue weighted by molar-refractivity contribution is 8.24. The third-order valence-electron chi connectivity index (χ3n) is 2.36. The Hall–Kier alpha value is -0.820. The first kappa shape index (κ1) is 14.6. The van der Waals surface area contributed by atoms with Crippen LogP contribution in [0.15, 0.2) is 18.2 Å². The number of thiocarbonyl (C=S) groups is 1. The molecule has 0 saturated carbocycles. The maximum atomic E-state index is 11.8. The molecule has 1 fully saturated rings. The lowest BCUT2D eigenvalue weighted by Gasteiger charge is -2.09. The van der Waals surface area contributed by atoms with E-state index in [2.05, 4.69) is 10.6 Å². The summed E-state index contributed by atoms with van der Waals surface area (Å²) in [5, 5.41) is 5.24. The molecule has 0 radical (unpaired) electrons. The summed E-state index contributed by atoms with van der Waals surface area (Å²) in [6, 6.07) is 4.94. The van der Waals surface area contributed by atoms with Gasteiger partial charge in [0.15, 0.2) is 0 Å². The van der Waals surface area contributed by atoms with Gasteiger partial charge in [-0.2, -0.15) is 0 Å². The van der Waals surface area contributed by atoms with Crippen LogP contribution >= 0.6 is 47.2 Å². The van der Waals surface area contributed by atoms with Crippen molar-refractivity contribution in [2.75, 3.05) is 5.32 Å². The van der Waals surface area contributed by atoms with Crippen molar-refractivity contribution in [1.29, 1.82) is 0 Å². The summed E-state index contributed by atoms with van der Waals surface area (Å²) in [7, 11) is 0. The molecule has 1 saturated heterocycles. The quantitative estimate of drug-likeness (QED) is 0.834. The highest BCUT2D eigenvalue weighted by atomic mass is 35.5. The lowest BCUT2D eigenvalue weighted by molar-refractivity contribution is -0.122. The van der Waals surface area contributed by atoms with E-state index in [0.717, 1.165) is 0 Å². The number of rotatable bonds is 3. The first-order chi connectivity index (χ1) is 8.97. The number of thioether (sulfide) groups is 1. The van der Waals surface area contributed by atoms with Gasteiger partial charge in [0.05, 0.1) is 21.0 Å². The molecule has 1 aliphatic heterocycles. The standard InChI is InChI=1S/C11H8Cl2N2O2S2/c12-5-2-1-3-6(9(5)13)14-8(16)4-7-10(17)15-11(18)19-7/h1-3,7H,4H2,(H,14,16)(H,15,17,18)/t7-/m0/s1. The molecule has 100 valence electrons. The molecule has 2 N–H and O–H groups in total. The van der Waals surface area contributed by atoms with Crippen molar-refractivity contribution in [1.82, 2.24) is 5.32 Å². The smallest absolute Gasteiger partial charge is 0.239 e. The Morgan fingerprint density at radius 1 is 1.47 bits per heavy atom. The van der Waals surface area contributed by atoms with Crippen LogP contribution in [0.25, 0.3) is 0 Å². The highest BCUT2D eigenvalue weighted by Gasteiger charge is 2.31. The Morgan fingerprint density at radius 3 is 2.84 bits per heavy atom. The van der Waals surface area contributed by atoms with Crippen LogP contribution in [-0.4, -0.2) is 21.4 Å². The Balaban J connectivity index is 2.00. The van der Waals surface area contributed by atoms with E-state index < -0.39 is 5.25 Å². The lowest BCUT2D eigenvalue weighted by atomic mass is 10.2. The van der Waals surface area contributed by atoms with Crippen molar-refractivity contribution in [2.24, 2.45) is 0 Å². The van der Waals surface area contributed by atoms with Crippen molar-refractivity contribution in [2.45, 2.75) is 11.7 Å². The van der Waals surface area contributed by atoms with E-state index in [1.54, 1.807) is 18.2 Å². The lowest BCUT2D eigenvalue weighted by Crippen LogP contribution is -2.27. The van der Waals surface area contributed by atoms with E-state index in [1.165, 1.54) is 11.8 Å². The van der Waals surface area contributed by atoms with Gasteiger partial charge in [-0.15, -0.1) is 0 Å². The molecular formula is C11H8Cl2N2O2S2. The van der Waals surface area contributed by atoms with Crippen LogP contribution in [-0.2, 0) is 9.59 Å². The molecule has 8 heteroatoms. The second-order valence-corrected chi connectivity index (χ2v) is 6.40. The number of anilines is 1. The molecule has 0 unspecified atom stereocenters. The molecular weight excluding hydrogens is 327 g/mol. The molecule has 1 atom stereocenters. The predicted molar refractivity (Wildman–Crippen MR) is 81.8 cm³/mol. The molecule has 2 amide bonds. The minimum atomic E-state index is -0.495. The zero-order valence-corrected chi connectivity index (χ0v) is 12.6. The molecule has 0 bridgehead atoms. The fraction of sp³-hybridized carbons (Fsp3) is 0.182. The maximum absolute atomic E-state index is 11.8. The molecule has 1 aliphatic rings. The van der Waals surface area contributed by atoms with Crippen LogP contribution < -0.4 is 10.6 Å². The molecule has 1 heterocycles. The zero-order valence-electron chi connectivity index (χ0n) is 9.41. The summed E-state index contributed by atoms with van der Waals surface area (Å²) in [6.07, 6.45) is 0.0273. The summed E-state index contributed by atoms with van der Waals surface area (Å²) in [5.74, 6) is -0.566. The normalized spacial score (nSPS) is 18.3. The molecule has 19 heavy (non-hydrogen) atoms. The van der Waals surface area contributed by atoms with Gasteiger partial charge in [-0.3, -0.25) is 9.59 Å². The maximum Gasteiger partial charge on any atom is 0.239 e. The van der Waals surface area contributed by atoms with Crippen LogP contribution in [0, 0.1) is 0 Å². The van der Waals surface area contributed by atoms with E-state index in [1.807, 2.05) is 0 Å². The van der Waals surface area contributed by atoms with Gasteiger partial charge >= 0.3 is 0 Å². The zero-order chi connectivity index (χ0) is 14.0. The van der Waals surface area contributed by atoms with Gasteiger partial charge in [0, 0.05) is 6.42 Å². The van der Waals surface area contributed by atoms with Gasteiger partial charge in [-0.1, -0.05) is 53.2 Å². The highest BCUT2D eigenvalue weighted by Crippen LogP contribution is 2.30. The largest absolute Gasteiger partial charge is 0.325 e. The van der Waals surface area contributed by atoms with Gasteiger partial charge in [0.25, 0.3) is 0 Å². The van der Waals surface area contributed by atoms with Crippen LogP contribution in [0.1, 0.15) is 6.42 Å². The number of carbonyl (C=O) groups is 2. The predicted octanol–water partition coefficient (Wildman–Crippen LogP) is 2.84. The van der Waals surface area contributed by atoms with Crippen LogP contribution in [0.3, 0.4) is 0 Å². The number of halogens is 2. The first-order valence-electron chi connectivity index (χ1n) is 5.22. The Kier molecular flexibility index (Phi) is 4.67. The number of carbonyl (C=O) groups excluding carboxylic acids is 2. The Morgan fingerprint density at radius 2 is 2.21 bits per heavy atom. The van der Waals surface area contributed by atoms with E-state index in [4.69, 9.17) is 35.4 Å². The monoisotopic (exact) mass is 334 g/mol. The van der Waals surface area contributed by atoms with Crippen LogP contribution in [0.2, 0.25) is 10.0 Å². The van der Waals surface area contributed by atoms with Crippen molar-refractivity contribution < 1.29 is 9.59 Å². The van der Waals surface area contributed by atoms with Gasteiger partial charge in [0.1, 0.15) is 4.32 Å². The number of hydrogen-bond donors (Lipinski definition) is 2. The molecule has 4 nitrogen and oxygen atoms in total. The third-order valence-corrected chi connectivity index (χ3v) is 4.55. The first-order valence-corrected chi connectivity index (χ1v) is 7.27. The second kappa shape index (κ2) is 6.09. The molecule has 0 aliphatic carbocycles. The van der Waals surface area contributed by atoms with Crippen LogP contribution in [0.4, 0.5) is 5.69 Å². The summed E-state index contributed by atoms with van der Waals surface area (Å²) in [5.41, 5.74) is 0.421. The van der Waals surface area contributed by atoms with Crippen molar-refractivity contribution in [3.05, 3.63) is 28.2 Å². The molecule has 0 spiro atoms. The minimum Gasteiger partial charge on any atom is -0.325 e. The number of nitrogens with one attached hydrogen (secondary N) is 2. The Bertz CT molecular complexity index is 566. The number of amides is 2. The average molecular weight is 335 g/mol. The SMILES string of the molecule is O=C(C[C@@H]1SC(=S)NC1=O)Nc1cccc(Cl)c1Cl. The fourth-order valence-corrected chi connectivity index (χ4v) is 3.11. The topological polar surface area (TPSA) is 58.2 Å². The Labute approximate surface area is 129 Å². The van der Waals surface area contributed by atoms with E-state index in [9.17, 15) is 9.59 Å². The van der Waals surface area contributed by atoms with Crippen molar-refractivity contribution in [3.63, 3.8) is 0 Å². The van der Waals surface area contributed by atoms with Crippen molar-refractivity contribution in [3.8, 4) is 0 Å². The molecule has 1 aromatic rings. The van der Waals surface area contributed by atoms with E-state index in [-0.39, 0.29) is 23.3 Å². The molecule has 0 aromatic heterocycles. The minimum absolute atomic E-state index is 0.0273. The summed E-state index contributed by atoms with van der Waals surface area (Å²) in [4.78, 5) is 23.3. The fourth-order valence-electron chi connectivity index (χ4n) is 1.50. The van der Waals surface area contributed by atoms with E-state index >= 15 is 0 Å². The molecule has 1 aromatic carbocycles. The van der Waals surface area contributed by atoms with Crippen LogP contribution in [0.5, 0.6) is 0 Å². The van der Waals surface area contributed by atoms with Gasteiger partial charge < -0.3 is 10.6 Å². The van der Waals surface area contributed by atoms with Gasteiger partial charge in [-0.25, -0.2) is 0 Å². The van der Waals surface area contributed by atoms with Gasteiger partial charge in [0.2, 0.25) is 11.8 Å². The third kappa shape index (κ3) is 3.60. The van der Waals surface area contributed by atoms with Gasteiger partial charge in [-0.05, 0) is 12.1 Å². The summed E-state index contributed by atoms with van der Waals surface area (Å²) in [6.45, 7) is 0. The summed E-state index contributed by atoms with van der Waals surface area (Å²) < 4.78 is 0.392. The van der Waals surface area contributed by atoms with E-state index in [0.29, 0.717) is 15.0 Å². The molecule has 2 rings (SSSR count). The number of hydrogen-bond acceptors (Lipinski definition) is 4. The second-order valence-electron chi connectivity index (χ2n) is 3.74. The average Bonchev–Trinajstić information content (AvgIpc) is 2.64. The van der Waals surface area contributed by atoms with Crippen molar-refractivity contribution >= 4 is 69.0 Å².